The lowest BCUT2D eigenvalue weighted by Crippen LogP contribution is -2.32. The van der Waals surface area contributed by atoms with Crippen LogP contribution in [0.5, 0.6) is 5.75 Å². The largest absolute Gasteiger partial charge is 0.484 e. The highest BCUT2D eigenvalue weighted by molar-refractivity contribution is 6.01. The Bertz CT molecular complexity index is 600. The van der Waals surface area contributed by atoms with Gasteiger partial charge in [0.05, 0.1) is 0 Å². The van der Waals surface area contributed by atoms with Crippen molar-refractivity contribution in [3.63, 3.8) is 0 Å². The molecule has 0 saturated carbocycles. The molecule has 3 N–H and O–H groups in total. The number of nitrogens with zero attached hydrogens (tertiary/aromatic N) is 1. The van der Waals surface area contributed by atoms with E-state index in [4.69, 9.17) is 15.7 Å². The molecule has 0 heterocycles. The molecule has 0 saturated heterocycles. The van der Waals surface area contributed by atoms with Gasteiger partial charge in [-0.25, -0.2) is 0 Å². The predicted molar refractivity (Wildman–Crippen MR) is 82.6 cm³/mol. The lowest BCUT2D eigenvalue weighted by Gasteiger charge is -2.10. The van der Waals surface area contributed by atoms with Crippen LogP contribution in [-0.4, -0.2) is 24.5 Å². The fourth-order valence-electron chi connectivity index (χ4n) is 1.53. The van der Waals surface area contributed by atoms with Gasteiger partial charge in [-0.1, -0.05) is 19.1 Å². The maximum atomic E-state index is 11.9. The molecule has 22 heavy (non-hydrogen) atoms. The summed E-state index contributed by atoms with van der Waals surface area (Å²) in [4.78, 5) is 22.5. The van der Waals surface area contributed by atoms with Crippen molar-refractivity contribution in [2.45, 2.75) is 26.3 Å². The summed E-state index contributed by atoms with van der Waals surface area (Å²) in [5.41, 5.74) is 5.70. The third kappa shape index (κ3) is 5.67. The molecular weight excluding hydrogens is 282 g/mol. The summed E-state index contributed by atoms with van der Waals surface area (Å²) in [6, 6.07) is 8.54. The Hall–Kier alpha value is -2.81. The molecule has 0 bridgehead atoms. The second-order valence-electron chi connectivity index (χ2n) is 4.78. The maximum absolute atomic E-state index is 11.9. The number of rotatable bonds is 7. The van der Waals surface area contributed by atoms with Gasteiger partial charge in [-0.3, -0.25) is 9.59 Å². The van der Waals surface area contributed by atoms with Gasteiger partial charge in [0.2, 0.25) is 0 Å². The third-order valence-electron chi connectivity index (χ3n) is 2.93. The number of primary amides is 1. The van der Waals surface area contributed by atoms with Gasteiger partial charge in [0.25, 0.3) is 11.8 Å². The number of nitriles is 1. The highest BCUT2D eigenvalue weighted by atomic mass is 16.5. The Morgan fingerprint density at radius 2 is 2.05 bits per heavy atom. The van der Waals surface area contributed by atoms with Gasteiger partial charge in [0.15, 0.2) is 6.61 Å². The Morgan fingerprint density at radius 1 is 1.41 bits per heavy atom. The lowest BCUT2D eigenvalue weighted by atomic mass is 10.1. The monoisotopic (exact) mass is 301 g/mol. The molecule has 0 aliphatic carbocycles. The number of amides is 2. The average Bonchev–Trinajstić information content (AvgIpc) is 2.51. The third-order valence-corrected chi connectivity index (χ3v) is 2.93. The summed E-state index contributed by atoms with van der Waals surface area (Å²) in [5.74, 6) is -0.470. The molecule has 0 spiro atoms. The van der Waals surface area contributed by atoms with Crippen LogP contribution in [0.3, 0.4) is 0 Å². The van der Waals surface area contributed by atoms with Crippen LogP contribution in [0.4, 0.5) is 0 Å². The van der Waals surface area contributed by atoms with Crippen molar-refractivity contribution in [2.24, 2.45) is 5.73 Å². The summed E-state index contributed by atoms with van der Waals surface area (Å²) < 4.78 is 5.13. The molecule has 0 aliphatic rings. The van der Waals surface area contributed by atoms with Crippen molar-refractivity contribution >= 4 is 17.9 Å². The van der Waals surface area contributed by atoms with E-state index in [2.05, 4.69) is 5.32 Å². The molecule has 116 valence electrons. The van der Waals surface area contributed by atoms with Gasteiger partial charge < -0.3 is 15.8 Å². The van der Waals surface area contributed by atoms with Crippen LogP contribution in [0.1, 0.15) is 25.8 Å². The summed E-state index contributed by atoms with van der Waals surface area (Å²) in [7, 11) is 0. The van der Waals surface area contributed by atoms with Crippen molar-refractivity contribution < 1.29 is 14.3 Å². The molecule has 1 rings (SSSR count). The predicted octanol–water partition coefficient (Wildman–Crippen LogP) is 1.37. The standard InChI is InChI=1S/C16H19N3O3/c1-3-11(2)19-16(21)13(9-17)8-12-4-6-14(7-5-12)22-10-15(18)20/h4-8,11H,3,10H2,1-2H3,(H2,18,20)(H,19,21)/b13-8+/t11-/m1/s1. The first-order valence-corrected chi connectivity index (χ1v) is 6.90. The second kappa shape index (κ2) is 8.47. The summed E-state index contributed by atoms with van der Waals surface area (Å²) in [6.45, 7) is 3.62. The molecule has 1 aromatic rings. The highest BCUT2D eigenvalue weighted by Crippen LogP contribution is 2.14. The minimum atomic E-state index is -0.558. The summed E-state index contributed by atoms with van der Waals surface area (Å²) in [5, 5.41) is 11.8. The topological polar surface area (TPSA) is 105 Å². The molecular formula is C16H19N3O3. The Morgan fingerprint density at radius 3 is 2.55 bits per heavy atom. The number of hydrogen-bond acceptors (Lipinski definition) is 4. The molecule has 0 fully saturated rings. The zero-order valence-corrected chi connectivity index (χ0v) is 12.6. The SMILES string of the molecule is CC[C@@H](C)NC(=O)/C(C#N)=C/c1ccc(OCC(N)=O)cc1. The normalized spacial score (nSPS) is 12.1. The van der Waals surface area contributed by atoms with Crippen LogP contribution in [0.15, 0.2) is 29.8 Å². The van der Waals surface area contributed by atoms with Crippen molar-refractivity contribution in [3.05, 3.63) is 35.4 Å². The van der Waals surface area contributed by atoms with E-state index >= 15 is 0 Å². The van der Waals surface area contributed by atoms with Gasteiger partial charge in [0, 0.05) is 6.04 Å². The van der Waals surface area contributed by atoms with Crippen LogP contribution in [0.2, 0.25) is 0 Å². The second-order valence-corrected chi connectivity index (χ2v) is 4.78. The molecule has 1 aromatic carbocycles. The van der Waals surface area contributed by atoms with Crippen molar-refractivity contribution in [2.75, 3.05) is 6.61 Å². The van der Waals surface area contributed by atoms with Crippen LogP contribution in [-0.2, 0) is 9.59 Å². The number of carbonyl (C=O) groups excluding carboxylic acids is 2. The van der Waals surface area contributed by atoms with E-state index in [0.29, 0.717) is 11.3 Å². The van der Waals surface area contributed by atoms with Crippen LogP contribution in [0, 0.1) is 11.3 Å². The van der Waals surface area contributed by atoms with E-state index in [1.807, 2.05) is 19.9 Å². The van der Waals surface area contributed by atoms with Gasteiger partial charge in [-0.2, -0.15) is 5.26 Å². The molecule has 2 amide bonds. The van der Waals surface area contributed by atoms with Crippen LogP contribution < -0.4 is 15.8 Å². The first-order valence-electron chi connectivity index (χ1n) is 6.90. The lowest BCUT2D eigenvalue weighted by molar-refractivity contribution is -0.120. The van der Waals surface area contributed by atoms with Gasteiger partial charge >= 0.3 is 0 Å². The van der Waals surface area contributed by atoms with E-state index in [-0.39, 0.29) is 18.2 Å². The Balaban J connectivity index is 2.79. The number of benzene rings is 1. The van der Waals surface area contributed by atoms with Crippen LogP contribution >= 0.6 is 0 Å². The number of nitrogens with two attached hydrogens (primary N) is 1. The number of hydrogen-bond donors (Lipinski definition) is 2. The van der Waals surface area contributed by atoms with E-state index in [1.165, 1.54) is 6.08 Å². The number of nitrogens with one attached hydrogen (secondary N) is 1. The molecule has 0 radical (unpaired) electrons. The minimum Gasteiger partial charge on any atom is -0.484 e. The van der Waals surface area contributed by atoms with E-state index in [9.17, 15) is 9.59 Å². The first-order chi connectivity index (χ1) is 10.5. The van der Waals surface area contributed by atoms with E-state index < -0.39 is 11.8 Å². The molecule has 1 atom stereocenters. The summed E-state index contributed by atoms with van der Waals surface area (Å²) >= 11 is 0. The number of ether oxygens (including phenoxy) is 1. The molecule has 0 aromatic heterocycles. The maximum Gasteiger partial charge on any atom is 0.262 e. The molecule has 6 heteroatoms. The highest BCUT2D eigenvalue weighted by Gasteiger charge is 2.11. The quantitative estimate of drug-likeness (QED) is 0.586. The fourth-order valence-corrected chi connectivity index (χ4v) is 1.53. The zero-order valence-electron chi connectivity index (χ0n) is 12.6. The summed E-state index contributed by atoms with van der Waals surface area (Å²) in [6.07, 6.45) is 2.28. The van der Waals surface area contributed by atoms with E-state index in [0.717, 1.165) is 6.42 Å². The first kappa shape index (κ1) is 17.2. The smallest absolute Gasteiger partial charge is 0.262 e. The van der Waals surface area contributed by atoms with Gasteiger partial charge in [-0.05, 0) is 37.1 Å². The Kier molecular flexibility index (Phi) is 6.64. The minimum absolute atomic E-state index is 0.00817. The van der Waals surface area contributed by atoms with Crippen LogP contribution in [0.25, 0.3) is 6.08 Å². The molecule has 0 aliphatic heterocycles. The van der Waals surface area contributed by atoms with Gasteiger partial charge in [-0.15, -0.1) is 0 Å². The van der Waals surface area contributed by atoms with E-state index in [1.54, 1.807) is 24.3 Å². The number of carbonyl (C=O) groups is 2. The fraction of sp³-hybridized carbons (Fsp3) is 0.312. The van der Waals surface area contributed by atoms with Crippen molar-refractivity contribution in [3.8, 4) is 11.8 Å². The average molecular weight is 301 g/mol. The molecule has 6 nitrogen and oxygen atoms in total. The van der Waals surface area contributed by atoms with Crippen molar-refractivity contribution in [1.29, 1.82) is 5.26 Å². The molecule has 0 unspecified atom stereocenters. The van der Waals surface area contributed by atoms with Crippen molar-refractivity contribution in [1.82, 2.24) is 5.32 Å². The Labute approximate surface area is 129 Å². The van der Waals surface area contributed by atoms with Gasteiger partial charge in [0.1, 0.15) is 17.4 Å². The zero-order chi connectivity index (χ0) is 16.5.